The summed E-state index contributed by atoms with van der Waals surface area (Å²) in [4.78, 5) is 13.1. The average molecular weight is 226 g/mol. The second kappa shape index (κ2) is 3.89. The quantitative estimate of drug-likeness (QED) is 0.805. The Labute approximate surface area is 100 Å². The molecule has 4 nitrogen and oxygen atoms in total. The molecule has 3 rings (SSSR count). The van der Waals surface area contributed by atoms with Crippen LogP contribution in [0.3, 0.4) is 0 Å². The third-order valence-corrected chi connectivity index (χ3v) is 3.34. The van der Waals surface area contributed by atoms with Gasteiger partial charge in [0.1, 0.15) is 6.33 Å². The molecule has 1 aliphatic heterocycles. The highest BCUT2D eigenvalue weighted by molar-refractivity contribution is 5.68. The molecule has 0 unspecified atom stereocenters. The summed E-state index contributed by atoms with van der Waals surface area (Å²) in [6.45, 7) is 5.81. The van der Waals surface area contributed by atoms with Crippen LogP contribution in [-0.2, 0) is 13.1 Å². The molecule has 3 heterocycles. The highest BCUT2D eigenvalue weighted by Gasteiger charge is 2.18. The third kappa shape index (κ3) is 1.61. The molecule has 4 heteroatoms. The van der Waals surface area contributed by atoms with Gasteiger partial charge in [-0.1, -0.05) is 0 Å². The molecule has 17 heavy (non-hydrogen) atoms. The maximum atomic E-state index is 4.44. The summed E-state index contributed by atoms with van der Waals surface area (Å²) in [5.74, 6) is 0. The normalized spacial score (nSPS) is 13.8. The van der Waals surface area contributed by atoms with Crippen molar-refractivity contribution in [1.29, 1.82) is 0 Å². The van der Waals surface area contributed by atoms with E-state index in [2.05, 4.69) is 27.2 Å². The van der Waals surface area contributed by atoms with Crippen LogP contribution in [0.4, 0.5) is 0 Å². The number of hydrogen-bond donors (Lipinski definition) is 1. The van der Waals surface area contributed by atoms with Crippen LogP contribution in [0.1, 0.15) is 22.5 Å². The molecule has 0 amide bonds. The summed E-state index contributed by atoms with van der Waals surface area (Å²) in [7, 11) is 0. The van der Waals surface area contributed by atoms with Crippen molar-refractivity contribution in [2.24, 2.45) is 0 Å². The first-order valence-corrected chi connectivity index (χ1v) is 5.73. The Hall–Kier alpha value is -1.81. The van der Waals surface area contributed by atoms with Gasteiger partial charge in [0.2, 0.25) is 0 Å². The Morgan fingerprint density at radius 1 is 1.12 bits per heavy atom. The second-order valence-electron chi connectivity index (χ2n) is 4.32. The molecule has 86 valence electrons. The van der Waals surface area contributed by atoms with E-state index in [9.17, 15) is 0 Å². The highest BCUT2D eigenvalue weighted by Crippen LogP contribution is 2.28. The maximum absolute atomic E-state index is 4.44. The van der Waals surface area contributed by atoms with E-state index in [1.165, 1.54) is 16.7 Å². The summed E-state index contributed by atoms with van der Waals surface area (Å²) < 4.78 is 0. The summed E-state index contributed by atoms with van der Waals surface area (Å²) in [5.41, 5.74) is 6.80. The van der Waals surface area contributed by atoms with Crippen molar-refractivity contribution in [1.82, 2.24) is 20.3 Å². The fraction of sp³-hybridized carbons (Fsp3) is 0.308. The molecular weight excluding hydrogens is 212 g/mol. The molecular formula is C13H14N4. The van der Waals surface area contributed by atoms with Crippen molar-refractivity contribution in [2.45, 2.75) is 26.9 Å². The predicted molar refractivity (Wildman–Crippen MR) is 65.3 cm³/mol. The van der Waals surface area contributed by atoms with Gasteiger partial charge in [-0.05, 0) is 25.5 Å². The van der Waals surface area contributed by atoms with Gasteiger partial charge in [0.25, 0.3) is 0 Å². The Bertz CT molecular complexity index is 578. The molecule has 0 saturated heterocycles. The molecule has 0 saturated carbocycles. The van der Waals surface area contributed by atoms with Gasteiger partial charge in [-0.2, -0.15) is 0 Å². The standard InChI is InChI=1S/C13H14N4/c1-8-9(2)15-4-3-10(8)13-11-5-14-6-12(11)16-7-17-13/h3-4,7,14H,5-6H2,1-2H3. The number of hydrogen-bond acceptors (Lipinski definition) is 4. The highest BCUT2D eigenvalue weighted by atomic mass is 15.0. The Morgan fingerprint density at radius 3 is 2.88 bits per heavy atom. The second-order valence-corrected chi connectivity index (χ2v) is 4.32. The molecule has 1 aliphatic rings. The van der Waals surface area contributed by atoms with Crippen molar-refractivity contribution in [2.75, 3.05) is 0 Å². The lowest BCUT2D eigenvalue weighted by Crippen LogP contribution is -2.01. The van der Waals surface area contributed by atoms with Crippen LogP contribution in [-0.4, -0.2) is 15.0 Å². The Kier molecular flexibility index (Phi) is 2.37. The fourth-order valence-electron chi connectivity index (χ4n) is 2.22. The molecule has 1 N–H and O–H groups in total. The number of fused-ring (bicyclic) bond motifs is 1. The molecule has 2 aromatic heterocycles. The number of nitrogens with one attached hydrogen (secondary N) is 1. The molecule has 0 fully saturated rings. The topological polar surface area (TPSA) is 50.7 Å². The van der Waals surface area contributed by atoms with E-state index in [-0.39, 0.29) is 0 Å². The van der Waals surface area contributed by atoms with Gasteiger partial charge in [0.15, 0.2) is 0 Å². The lowest BCUT2D eigenvalue weighted by molar-refractivity contribution is 0.758. The Morgan fingerprint density at radius 2 is 2.00 bits per heavy atom. The minimum absolute atomic E-state index is 0.841. The largest absolute Gasteiger partial charge is 0.307 e. The molecule has 0 radical (unpaired) electrons. The van der Waals surface area contributed by atoms with Gasteiger partial charge in [-0.3, -0.25) is 4.98 Å². The van der Waals surface area contributed by atoms with Gasteiger partial charge in [0.05, 0.1) is 11.4 Å². The zero-order valence-corrected chi connectivity index (χ0v) is 9.99. The zero-order valence-electron chi connectivity index (χ0n) is 9.99. The minimum atomic E-state index is 0.841. The summed E-state index contributed by atoms with van der Waals surface area (Å²) in [5, 5.41) is 3.31. The monoisotopic (exact) mass is 226 g/mol. The van der Waals surface area contributed by atoms with E-state index in [0.717, 1.165) is 30.2 Å². The van der Waals surface area contributed by atoms with Crippen molar-refractivity contribution in [3.05, 3.63) is 41.1 Å². The molecule has 0 aliphatic carbocycles. The van der Waals surface area contributed by atoms with Crippen LogP contribution in [0, 0.1) is 13.8 Å². The fourth-order valence-corrected chi connectivity index (χ4v) is 2.22. The summed E-state index contributed by atoms with van der Waals surface area (Å²) in [6, 6.07) is 2.03. The number of nitrogens with zero attached hydrogens (tertiary/aromatic N) is 3. The molecule has 0 atom stereocenters. The van der Waals surface area contributed by atoms with E-state index in [1.54, 1.807) is 6.33 Å². The number of aromatic nitrogens is 3. The lowest BCUT2D eigenvalue weighted by Gasteiger charge is -2.10. The van der Waals surface area contributed by atoms with Gasteiger partial charge in [-0.25, -0.2) is 9.97 Å². The smallest absolute Gasteiger partial charge is 0.116 e. The van der Waals surface area contributed by atoms with Crippen LogP contribution >= 0.6 is 0 Å². The predicted octanol–water partition coefficient (Wildman–Crippen LogP) is 1.76. The lowest BCUT2D eigenvalue weighted by atomic mass is 10.0. The third-order valence-electron chi connectivity index (χ3n) is 3.34. The maximum Gasteiger partial charge on any atom is 0.116 e. The number of pyridine rings is 1. The summed E-state index contributed by atoms with van der Waals surface area (Å²) >= 11 is 0. The Balaban J connectivity index is 2.23. The van der Waals surface area contributed by atoms with E-state index < -0.39 is 0 Å². The van der Waals surface area contributed by atoms with Crippen molar-refractivity contribution in [3.8, 4) is 11.3 Å². The van der Waals surface area contributed by atoms with Crippen LogP contribution in [0.25, 0.3) is 11.3 Å². The van der Waals surface area contributed by atoms with Crippen LogP contribution in [0.15, 0.2) is 18.6 Å². The van der Waals surface area contributed by atoms with E-state index in [0.29, 0.717) is 0 Å². The van der Waals surface area contributed by atoms with E-state index >= 15 is 0 Å². The van der Waals surface area contributed by atoms with Crippen LogP contribution in [0.5, 0.6) is 0 Å². The summed E-state index contributed by atoms with van der Waals surface area (Å²) in [6.07, 6.45) is 3.49. The first-order valence-electron chi connectivity index (χ1n) is 5.73. The van der Waals surface area contributed by atoms with Crippen molar-refractivity contribution in [3.63, 3.8) is 0 Å². The van der Waals surface area contributed by atoms with Gasteiger partial charge in [0, 0.05) is 36.1 Å². The van der Waals surface area contributed by atoms with Gasteiger partial charge >= 0.3 is 0 Å². The van der Waals surface area contributed by atoms with E-state index in [4.69, 9.17) is 0 Å². The van der Waals surface area contributed by atoms with Crippen LogP contribution in [0.2, 0.25) is 0 Å². The van der Waals surface area contributed by atoms with E-state index in [1.807, 2.05) is 19.2 Å². The van der Waals surface area contributed by atoms with Gasteiger partial charge in [-0.15, -0.1) is 0 Å². The number of rotatable bonds is 1. The molecule has 0 bridgehead atoms. The minimum Gasteiger partial charge on any atom is -0.307 e. The first-order chi connectivity index (χ1) is 8.27. The molecule has 0 aromatic carbocycles. The SMILES string of the molecule is Cc1nccc(-c2ncnc3c2CNC3)c1C. The zero-order chi connectivity index (χ0) is 11.8. The van der Waals surface area contributed by atoms with Gasteiger partial charge < -0.3 is 5.32 Å². The molecule has 2 aromatic rings. The van der Waals surface area contributed by atoms with Crippen LogP contribution < -0.4 is 5.32 Å². The number of aryl methyl sites for hydroxylation is 1. The van der Waals surface area contributed by atoms with Crippen molar-refractivity contribution >= 4 is 0 Å². The average Bonchev–Trinajstić information content (AvgIpc) is 2.81. The van der Waals surface area contributed by atoms with Crippen molar-refractivity contribution < 1.29 is 0 Å². The molecule has 0 spiro atoms. The first kappa shape index (κ1) is 10.4.